The van der Waals surface area contributed by atoms with Crippen LogP contribution in [0.25, 0.3) is 0 Å². The summed E-state index contributed by atoms with van der Waals surface area (Å²) in [5.41, 5.74) is 7.86. The SMILES string of the molecule is Nc1ccc(C(=O)O)cc1Nc1cc[nH]c1. The van der Waals surface area contributed by atoms with Crippen LogP contribution in [0.15, 0.2) is 36.7 Å². The highest BCUT2D eigenvalue weighted by molar-refractivity contribution is 5.91. The maximum absolute atomic E-state index is 10.8. The smallest absolute Gasteiger partial charge is 0.335 e. The highest BCUT2D eigenvalue weighted by atomic mass is 16.4. The molecule has 5 heteroatoms. The van der Waals surface area contributed by atoms with E-state index in [2.05, 4.69) is 10.3 Å². The van der Waals surface area contributed by atoms with Crippen molar-refractivity contribution in [3.63, 3.8) is 0 Å². The fourth-order valence-corrected chi connectivity index (χ4v) is 1.35. The van der Waals surface area contributed by atoms with Gasteiger partial charge >= 0.3 is 5.97 Å². The first-order valence-electron chi connectivity index (χ1n) is 4.69. The number of rotatable bonds is 3. The molecule has 1 aromatic heterocycles. The van der Waals surface area contributed by atoms with Gasteiger partial charge < -0.3 is 21.1 Å². The van der Waals surface area contributed by atoms with Crippen LogP contribution in [0.1, 0.15) is 10.4 Å². The van der Waals surface area contributed by atoms with Crippen molar-refractivity contribution in [2.24, 2.45) is 0 Å². The van der Waals surface area contributed by atoms with Gasteiger partial charge in [-0.05, 0) is 24.3 Å². The first-order chi connectivity index (χ1) is 7.66. The van der Waals surface area contributed by atoms with Crippen molar-refractivity contribution in [2.75, 3.05) is 11.1 Å². The Kier molecular flexibility index (Phi) is 2.51. The summed E-state index contributed by atoms with van der Waals surface area (Å²) >= 11 is 0. The lowest BCUT2D eigenvalue weighted by atomic mass is 10.1. The zero-order valence-electron chi connectivity index (χ0n) is 8.40. The minimum Gasteiger partial charge on any atom is -0.478 e. The van der Waals surface area contributed by atoms with Crippen LogP contribution in [-0.2, 0) is 0 Å². The second kappa shape index (κ2) is 3.98. The Labute approximate surface area is 91.9 Å². The van der Waals surface area contributed by atoms with Crippen LogP contribution < -0.4 is 11.1 Å². The molecular weight excluding hydrogens is 206 g/mol. The molecule has 0 unspecified atom stereocenters. The minimum absolute atomic E-state index is 0.201. The second-order valence-electron chi connectivity index (χ2n) is 3.33. The van der Waals surface area contributed by atoms with Gasteiger partial charge in [0, 0.05) is 12.4 Å². The molecule has 0 aliphatic heterocycles. The lowest BCUT2D eigenvalue weighted by molar-refractivity contribution is 0.0697. The normalized spacial score (nSPS) is 10.0. The number of anilines is 3. The Balaban J connectivity index is 2.32. The van der Waals surface area contributed by atoms with Gasteiger partial charge in [0.1, 0.15) is 0 Å². The lowest BCUT2D eigenvalue weighted by Crippen LogP contribution is -2.01. The number of aromatic carboxylic acids is 1. The highest BCUT2D eigenvalue weighted by Gasteiger charge is 2.06. The van der Waals surface area contributed by atoms with Crippen LogP contribution in [0, 0.1) is 0 Å². The molecule has 5 nitrogen and oxygen atoms in total. The van der Waals surface area contributed by atoms with E-state index in [4.69, 9.17) is 10.8 Å². The standard InChI is InChI=1S/C11H11N3O2/c12-9-2-1-7(11(15)16)5-10(9)14-8-3-4-13-6-8/h1-6,13-14H,12H2,(H,15,16). The molecule has 2 rings (SSSR count). The van der Waals surface area contributed by atoms with Gasteiger partial charge in [-0.2, -0.15) is 0 Å². The van der Waals surface area contributed by atoms with E-state index < -0.39 is 5.97 Å². The molecule has 16 heavy (non-hydrogen) atoms. The fraction of sp³-hybridized carbons (Fsp3) is 0. The van der Waals surface area contributed by atoms with E-state index in [1.165, 1.54) is 12.1 Å². The van der Waals surface area contributed by atoms with Gasteiger partial charge in [0.25, 0.3) is 0 Å². The average Bonchev–Trinajstić information content (AvgIpc) is 2.73. The van der Waals surface area contributed by atoms with Gasteiger partial charge in [-0.1, -0.05) is 0 Å². The number of carboxylic acid groups (broad SMARTS) is 1. The molecule has 0 saturated carbocycles. The summed E-state index contributed by atoms with van der Waals surface area (Å²) in [6.45, 7) is 0. The fourth-order valence-electron chi connectivity index (χ4n) is 1.35. The van der Waals surface area contributed by atoms with Gasteiger partial charge in [-0.3, -0.25) is 0 Å². The Morgan fingerprint density at radius 1 is 1.38 bits per heavy atom. The van der Waals surface area contributed by atoms with Crippen LogP contribution in [0.4, 0.5) is 17.1 Å². The number of nitrogens with two attached hydrogens (primary N) is 1. The van der Waals surface area contributed by atoms with Crippen LogP contribution in [0.5, 0.6) is 0 Å². The molecule has 0 aliphatic rings. The predicted octanol–water partition coefficient (Wildman–Crippen LogP) is 2.04. The van der Waals surface area contributed by atoms with Crippen LogP contribution in [0.2, 0.25) is 0 Å². The Morgan fingerprint density at radius 2 is 2.19 bits per heavy atom. The van der Waals surface area contributed by atoms with Gasteiger partial charge in [-0.25, -0.2) is 4.79 Å². The number of hydrogen-bond acceptors (Lipinski definition) is 3. The zero-order valence-corrected chi connectivity index (χ0v) is 8.40. The minimum atomic E-state index is -0.975. The molecule has 1 aromatic carbocycles. The van der Waals surface area contributed by atoms with E-state index in [9.17, 15) is 4.79 Å². The van der Waals surface area contributed by atoms with Crippen molar-refractivity contribution in [3.8, 4) is 0 Å². The number of aromatic amines is 1. The van der Waals surface area contributed by atoms with Crippen LogP contribution in [-0.4, -0.2) is 16.1 Å². The monoisotopic (exact) mass is 217 g/mol. The van der Waals surface area contributed by atoms with Crippen molar-refractivity contribution < 1.29 is 9.90 Å². The summed E-state index contributed by atoms with van der Waals surface area (Å²) in [6.07, 6.45) is 3.52. The average molecular weight is 217 g/mol. The largest absolute Gasteiger partial charge is 0.478 e. The second-order valence-corrected chi connectivity index (χ2v) is 3.33. The van der Waals surface area contributed by atoms with E-state index in [1.807, 2.05) is 6.07 Å². The molecule has 0 radical (unpaired) electrons. The molecule has 2 aromatic rings. The summed E-state index contributed by atoms with van der Waals surface area (Å²) in [4.78, 5) is 13.7. The van der Waals surface area contributed by atoms with Gasteiger partial charge in [0.2, 0.25) is 0 Å². The molecule has 0 saturated heterocycles. The Hall–Kier alpha value is -2.43. The first kappa shape index (κ1) is 10.1. The zero-order chi connectivity index (χ0) is 11.5. The number of benzene rings is 1. The number of carboxylic acids is 1. The summed E-state index contributed by atoms with van der Waals surface area (Å²) in [6, 6.07) is 6.37. The maximum atomic E-state index is 10.8. The summed E-state index contributed by atoms with van der Waals surface area (Å²) < 4.78 is 0. The molecule has 0 amide bonds. The Morgan fingerprint density at radius 3 is 2.81 bits per heavy atom. The van der Waals surface area contributed by atoms with E-state index >= 15 is 0 Å². The predicted molar refractivity (Wildman–Crippen MR) is 61.9 cm³/mol. The molecule has 0 atom stereocenters. The lowest BCUT2D eigenvalue weighted by Gasteiger charge is -2.08. The molecule has 82 valence electrons. The number of carbonyl (C=O) groups is 1. The third kappa shape index (κ3) is 1.98. The van der Waals surface area contributed by atoms with E-state index in [1.54, 1.807) is 18.5 Å². The van der Waals surface area contributed by atoms with Crippen molar-refractivity contribution in [2.45, 2.75) is 0 Å². The van der Waals surface area contributed by atoms with Crippen molar-refractivity contribution >= 4 is 23.0 Å². The third-order valence-corrected chi connectivity index (χ3v) is 2.18. The molecule has 5 N–H and O–H groups in total. The van der Waals surface area contributed by atoms with Gasteiger partial charge in [-0.15, -0.1) is 0 Å². The number of nitrogens with one attached hydrogen (secondary N) is 2. The summed E-state index contributed by atoms with van der Waals surface area (Å²) in [5.74, 6) is -0.975. The third-order valence-electron chi connectivity index (χ3n) is 2.18. The maximum Gasteiger partial charge on any atom is 0.335 e. The molecule has 0 spiro atoms. The van der Waals surface area contributed by atoms with Gasteiger partial charge in [0.15, 0.2) is 0 Å². The van der Waals surface area contributed by atoms with E-state index in [-0.39, 0.29) is 5.56 Å². The quantitative estimate of drug-likeness (QED) is 0.592. The summed E-state index contributed by atoms with van der Waals surface area (Å²) in [7, 11) is 0. The number of aromatic nitrogens is 1. The summed E-state index contributed by atoms with van der Waals surface area (Å²) in [5, 5.41) is 11.9. The van der Waals surface area contributed by atoms with E-state index in [0.29, 0.717) is 11.4 Å². The molecule has 1 heterocycles. The molecule has 0 fully saturated rings. The van der Waals surface area contributed by atoms with Crippen molar-refractivity contribution in [1.29, 1.82) is 0 Å². The first-order valence-corrected chi connectivity index (χ1v) is 4.69. The number of hydrogen-bond donors (Lipinski definition) is 4. The highest BCUT2D eigenvalue weighted by Crippen LogP contribution is 2.24. The van der Waals surface area contributed by atoms with Gasteiger partial charge in [0.05, 0.1) is 22.6 Å². The van der Waals surface area contributed by atoms with Crippen molar-refractivity contribution in [3.05, 3.63) is 42.2 Å². The Bertz CT molecular complexity index is 506. The number of H-pyrrole nitrogens is 1. The number of nitrogen functional groups attached to an aromatic ring is 1. The van der Waals surface area contributed by atoms with Crippen molar-refractivity contribution in [1.82, 2.24) is 4.98 Å². The topological polar surface area (TPSA) is 91.1 Å². The molecular formula is C11H11N3O2. The molecule has 0 aliphatic carbocycles. The van der Waals surface area contributed by atoms with Crippen LogP contribution in [0.3, 0.4) is 0 Å². The van der Waals surface area contributed by atoms with Crippen LogP contribution >= 0.6 is 0 Å². The molecule has 0 bridgehead atoms. The van der Waals surface area contributed by atoms with E-state index in [0.717, 1.165) is 5.69 Å².